The molecule has 0 saturated carbocycles. The molecule has 2 nitrogen and oxygen atoms in total. The fourth-order valence-corrected chi connectivity index (χ4v) is 2.86. The Kier molecular flexibility index (Phi) is 2.67. The second kappa shape index (κ2) is 3.78. The van der Waals surface area contributed by atoms with E-state index < -0.39 is 0 Å². The van der Waals surface area contributed by atoms with Gasteiger partial charge in [0.25, 0.3) is 0 Å². The molecule has 2 atom stereocenters. The van der Waals surface area contributed by atoms with Crippen LogP contribution in [0.25, 0.3) is 0 Å². The van der Waals surface area contributed by atoms with Gasteiger partial charge in [0.05, 0.1) is 0 Å². The predicted octanol–water partition coefficient (Wildman–Crippen LogP) is 1.39. The summed E-state index contributed by atoms with van der Waals surface area (Å²) in [7, 11) is 2.12. The van der Waals surface area contributed by atoms with E-state index in [9.17, 15) is 5.11 Å². The van der Waals surface area contributed by atoms with Crippen molar-refractivity contribution in [3.8, 4) is 0 Å². The molecule has 13 heavy (non-hydrogen) atoms. The maximum Gasteiger partial charge on any atom is 0.0477 e. The molecule has 1 fully saturated rings. The highest BCUT2D eigenvalue weighted by molar-refractivity contribution is 7.07. The first-order valence-electron chi connectivity index (χ1n) is 4.62. The first-order chi connectivity index (χ1) is 6.31. The van der Waals surface area contributed by atoms with Crippen LogP contribution in [0, 0.1) is 5.92 Å². The summed E-state index contributed by atoms with van der Waals surface area (Å²) in [6, 6.07) is 2.18. The molecule has 0 radical (unpaired) electrons. The monoisotopic (exact) mass is 197 g/mol. The van der Waals surface area contributed by atoms with Crippen LogP contribution in [-0.4, -0.2) is 36.8 Å². The number of thiophene rings is 1. The molecule has 1 aliphatic heterocycles. The lowest BCUT2D eigenvalue weighted by atomic mass is 9.92. The Morgan fingerprint density at radius 2 is 2.46 bits per heavy atom. The zero-order chi connectivity index (χ0) is 9.26. The van der Waals surface area contributed by atoms with Crippen LogP contribution in [-0.2, 0) is 0 Å². The van der Waals surface area contributed by atoms with Crippen LogP contribution < -0.4 is 0 Å². The molecule has 1 aromatic heterocycles. The first-order valence-corrected chi connectivity index (χ1v) is 5.57. The summed E-state index contributed by atoms with van der Waals surface area (Å²) in [6.45, 7) is 2.42. The van der Waals surface area contributed by atoms with Gasteiger partial charge >= 0.3 is 0 Å². The van der Waals surface area contributed by atoms with Crippen LogP contribution in [0.4, 0.5) is 0 Å². The minimum atomic E-state index is 0.310. The van der Waals surface area contributed by atoms with E-state index in [2.05, 4.69) is 28.8 Å². The molecule has 1 aliphatic rings. The molecule has 1 saturated heterocycles. The number of nitrogens with zero attached hydrogens (tertiary/aromatic N) is 1. The lowest BCUT2D eigenvalue weighted by Crippen LogP contribution is -2.15. The van der Waals surface area contributed by atoms with Gasteiger partial charge in [-0.15, -0.1) is 0 Å². The van der Waals surface area contributed by atoms with Crippen molar-refractivity contribution in [3.63, 3.8) is 0 Å². The second-order valence-corrected chi connectivity index (χ2v) is 4.61. The Hall–Kier alpha value is -0.380. The van der Waals surface area contributed by atoms with Crippen molar-refractivity contribution in [2.75, 3.05) is 26.7 Å². The summed E-state index contributed by atoms with van der Waals surface area (Å²) in [5, 5.41) is 13.5. The summed E-state index contributed by atoms with van der Waals surface area (Å²) in [5.41, 5.74) is 1.40. The van der Waals surface area contributed by atoms with Gasteiger partial charge in [-0.2, -0.15) is 11.3 Å². The number of likely N-dealkylation sites (tertiary alicyclic amines) is 1. The molecule has 72 valence electrons. The number of likely N-dealkylation sites (N-methyl/N-ethyl adjacent to an activating group) is 1. The summed E-state index contributed by atoms with van der Waals surface area (Å²) < 4.78 is 0. The van der Waals surface area contributed by atoms with E-state index in [0.29, 0.717) is 18.4 Å². The number of hydrogen-bond acceptors (Lipinski definition) is 3. The maximum absolute atomic E-state index is 9.23. The molecule has 0 aliphatic carbocycles. The van der Waals surface area contributed by atoms with Crippen molar-refractivity contribution in [2.24, 2.45) is 5.92 Å². The molecular formula is C10H15NOS. The first kappa shape index (κ1) is 9.19. The average molecular weight is 197 g/mol. The minimum Gasteiger partial charge on any atom is -0.396 e. The molecule has 1 N–H and O–H groups in total. The van der Waals surface area contributed by atoms with Crippen molar-refractivity contribution in [3.05, 3.63) is 22.4 Å². The smallest absolute Gasteiger partial charge is 0.0477 e. The number of aliphatic hydroxyl groups excluding tert-OH is 1. The number of hydrogen-bond donors (Lipinski definition) is 1. The average Bonchev–Trinajstić information content (AvgIpc) is 2.71. The Labute approximate surface area is 82.8 Å². The van der Waals surface area contributed by atoms with Crippen LogP contribution in [0.3, 0.4) is 0 Å². The molecule has 0 spiro atoms. The molecule has 0 bridgehead atoms. The third-order valence-corrected chi connectivity index (χ3v) is 3.53. The Bertz CT molecular complexity index is 260. The van der Waals surface area contributed by atoms with E-state index in [1.165, 1.54) is 5.56 Å². The standard InChI is InChI=1S/C10H15NOS/c1-11-4-9(6-12)10(5-11)8-2-3-13-7-8/h2-3,7,9-10,12H,4-6H2,1H3/t9-,10-/m0/s1. The van der Waals surface area contributed by atoms with Gasteiger partial charge in [0.1, 0.15) is 0 Å². The van der Waals surface area contributed by atoms with Gasteiger partial charge in [0.2, 0.25) is 0 Å². The van der Waals surface area contributed by atoms with Gasteiger partial charge in [-0.25, -0.2) is 0 Å². The highest BCUT2D eigenvalue weighted by Crippen LogP contribution is 2.32. The number of aliphatic hydroxyl groups is 1. The van der Waals surface area contributed by atoms with Crippen LogP contribution in [0.2, 0.25) is 0 Å². The molecular weight excluding hydrogens is 182 g/mol. The quantitative estimate of drug-likeness (QED) is 0.774. The van der Waals surface area contributed by atoms with Crippen molar-refractivity contribution in [1.82, 2.24) is 4.90 Å². The predicted molar refractivity (Wildman–Crippen MR) is 55.1 cm³/mol. The highest BCUT2D eigenvalue weighted by atomic mass is 32.1. The third-order valence-electron chi connectivity index (χ3n) is 2.83. The molecule has 3 heteroatoms. The van der Waals surface area contributed by atoms with E-state index >= 15 is 0 Å². The van der Waals surface area contributed by atoms with E-state index in [0.717, 1.165) is 13.1 Å². The normalized spacial score (nSPS) is 29.7. The largest absolute Gasteiger partial charge is 0.396 e. The zero-order valence-electron chi connectivity index (χ0n) is 7.81. The maximum atomic E-state index is 9.23. The van der Waals surface area contributed by atoms with Gasteiger partial charge in [0.15, 0.2) is 0 Å². The Morgan fingerprint density at radius 1 is 1.62 bits per heavy atom. The second-order valence-electron chi connectivity index (χ2n) is 3.83. The van der Waals surface area contributed by atoms with Gasteiger partial charge in [-0.3, -0.25) is 0 Å². The van der Waals surface area contributed by atoms with E-state index in [4.69, 9.17) is 0 Å². The number of rotatable bonds is 2. The van der Waals surface area contributed by atoms with E-state index in [-0.39, 0.29) is 0 Å². The SMILES string of the molecule is CN1C[C@@H](CO)[C@H](c2ccsc2)C1. The third kappa shape index (κ3) is 1.77. The molecule has 0 aromatic carbocycles. The fraction of sp³-hybridized carbons (Fsp3) is 0.600. The summed E-state index contributed by atoms with van der Waals surface area (Å²) in [6.07, 6.45) is 0. The van der Waals surface area contributed by atoms with E-state index in [1.54, 1.807) is 11.3 Å². The Morgan fingerprint density at radius 3 is 3.08 bits per heavy atom. The van der Waals surface area contributed by atoms with Gasteiger partial charge < -0.3 is 10.0 Å². The van der Waals surface area contributed by atoms with Crippen LogP contribution in [0.15, 0.2) is 16.8 Å². The van der Waals surface area contributed by atoms with Crippen LogP contribution >= 0.6 is 11.3 Å². The van der Waals surface area contributed by atoms with Gasteiger partial charge in [-0.05, 0) is 29.4 Å². The van der Waals surface area contributed by atoms with Crippen molar-refractivity contribution >= 4 is 11.3 Å². The van der Waals surface area contributed by atoms with Crippen LogP contribution in [0.5, 0.6) is 0 Å². The summed E-state index contributed by atoms with van der Waals surface area (Å²) in [5.74, 6) is 0.973. The van der Waals surface area contributed by atoms with Crippen molar-refractivity contribution in [1.29, 1.82) is 0 Å². The lowest BCUT2D eigenvalue weighted by Gasteiger charge is -2.13. The molecule has 0 amide bonds. The topological polar surface area (TPSA) is 23.5 Å². The van der Waals surface area contributed by atoms with Gasteiger partial charge in [-0.1, -0.05) is 0 Å². The molecule has 1 aromatic rings. The van der Waals surface area contributed by atoms with E-state index in [1.807, 2.05) is 0 Å². The minimum absolute atomic E-state index is 0.310. The molecule has 2 heterocycles. The fourth-order valence-electron chi connectivity index (χ4n) is 2.14. The Balaban J connectivity index is 2.14. The molecule has 0 unspecified atom stereocenters. The summed E-state index contributed by atoms with van der Waals surface area (Å²) in [4.78, 5) is 2.29. The lowest BCUT2D eigenvalue weighted by molar-refractivity contribution is 0.219. The molecule has 2 rings (SSSR count). The van der Waals surface area contributed by atoms with Crippen LogP contribution in [0.1, 0.15) is 11.5 Å². The van der Waals surface area contributed by atoms with Gasteiger partial charge in [0, 0.05) is 31.5 Å². The zero-order valence-corrected chi connectivity index (χ0v) is 8.63. The van der Waals surface area contributed by atoms with Crippen molar-refractivity contribution < 1.29 is 5.11 Å². The summed E-state index contributed by atoms with van der Waals surface area (Å²) >= 11 is 1.74. The highest BCUT2D eigenvalue weighted by Gasteiger charge is 2.31. The van der Waals surface area contributed by atoms with Crippen molar-refractivity contribution in [2.45, 2.75) is 5.92 Å².